The highest BCUT2D eigenvalue weighted by Crippen LogP contribution is 2.33. The molecule has 106 valence electrons. The predicted molar refractivity (Wildman–Crippen MR) is 74.8 cm³/mol. The van der Waals surface area contributed by atoms with Crippen molar-refractivity contribution in [1.29, 1.82) is 0 Å². The second-order valence-corrected chi connectivity index (χ2v) is 3.95. The van der Waals surface area contributed by atoms with Gasteiger partial charge in [-0.05, 0) is 18.2 Å². The van der Waals surface area contributed by atoms with Crippen LogP contribution in [0.15, 0.2) is 52.7 Å². The highest BCUT2D eigenvalue weighted by atomic mass is 16.6. The highest BCUT2D eigenvalue weighted by Gasteiger charge is 2.15. The number of nitrogen functional groups attached to an aromatic ring is 1. The van der Waals surface area contributed by atoms with E-state index < -0.39 is 9.85 Å². The fourth-order valence-corrected chi connectivity index (χ4v) is 1.58. The number of nitro benzene ring substituents is 2. The van der Waals surface area contributed by atoms with Crippen molar-refractivity contribution in [2.75, 3.05) is 5.73 Å². The van der Waals surface area contributed by atoms with E-state index >= 15 is 0 Å². The van der Waals surface area contributed by atoms with Crippen molar-refractivity contribution in [3.8, 4) is 0 Å². The molecule has 0 unspecified atom stereocenters. The summed E-state index contributed by atoms with van der Waals surface area (Å²) >= 11 is 0. The van der Waals surface area contributed by atoms with Crippen LogP contribution in [0.3, 0.4) is 0 Å². The fraction of sp³-hybridized carbons (Fsp3) is 0. The number of para-hydroxylation sites is 1. The number of azo groups is 1. The second-order valence-electron chi connectivity index (χ2n) is 3.95. The van der Waals surface area contributed by atoms with Gasteiger partial charge in [0.2, 0.25) is 0 Å². The van der Waals surface area contributed by atoms with Gasteiger partial charge in [-0.25, -0.2) is 0 Å². The third kappa shape index (κ3) is 3.15. The lowest BCUT2D eigenvalue weighted by Crippen LogP contribution is -1.91. The van der Waals surface area contributed by atoms with Crippen molar-refractivity contribution in [1.82, 2.24) is 0 Å². The molecule has 0 atom stereocenters. The molecule has 0 saturated heterocycles. The molecule has 9 heteroatoms. The van der Waals surface area contributed by atoms with Crippen molar-refractivity contribution >= 4 is 28.4 Å². The maximum absolute atomic E-state index is 10.9. The average molecular weight is 287 g/mol. The molecule has 0 amide bonds. The summed E-state index contributed by atoms with van der Waals surface area (Å²) in [5, 5.41) is 29.1. The Morgan fingerprint density at radius 2 is 1.43 bits per heavy atom. The smallest absolute Gasteiger partial charge is 0.298 e. The van der Waals surface area contributed by atoms with Crippen LogP contribution >= 0.6 is 0 Å². The number of hydrogen-bond donors (Lipinski definition) is 1. The van der Waals surface area contributed by atoms with Crippen molar-refractivity contribution in [2.45, 2.75) is 0 Å². The molecule has 0 aliphatic carbocycles. The molecule has 0 spiro atoms. The quantitative estimate of drug-likeness (QED) is 0.397. The van der Waals surface area contributed by atoms with Crippen LogP contribution in [0, 0.1) is 20.2 Å². The summed E-state index contributed by atoms with van der Waals surface area (Å²) in [6.07, 6.45) is 0. The molecule has 2 N–H and O–H groups in total. The molecule has 0 heterocycles. The minimum absolute atomic E-state index is 0.00798. The summed E-state index contributed by atoms with van der Waals surface area (Å²) in [6, 6.07) is 9.61. The third-order valence-electron chi connectivity index (χ3n) is 2.54. The molecule has 0 fully saturated rings. The minimum Gasteiger partial charge on any atom is -0.399 e. The Morgan fingerprint density at radius 3 is 2.05 bits per heavy atom. The number of nitrogens with two attached hydrogens (primary N) is 1. The van der Waals surface area contributed by atoms with Crippen molar-refractivity contribution in [3.05, 3.63) is 62.7 Å². The number of nitro groups is 2. The van der Waals surface area contributed by atoms with E-state index in [0.717, 1.165) is 6.07 Å². The molecule has 9 nitrogen and oxygen atoms in total. The second kappa shape index (κ2) is 5.74. The highest BCUT2D eigenvalue weighted by molar-refractivity contribution is 5.64. The van der Waals surface area contributed by atoms with E-state index in [1.165, 1.54) is 30.3 Å². The van der Waals surface area contributed by atoms with Gasteiger partial charge < -0.3 is 5.73 Å². The van der Waals surface area contributed by atoms with Crippen LogP contribution in [0.2, 0.25) is 0 Å². The molecule has 0 aliphatic heterocycles. The molecule has 0 aromatic heterocycles. The molecular formula is C12H9N5O4. The predicted octanol–water partition coefficient (Wildman–Crippen LogP) is 3.50. The fourth-order valence-electron chi connectivity index (χ4n) is 1.58. The van der Waals surface area contributed by atoms with E-state index in [2.05, 4.69) is 10.2 Å². The SMILES string of the molecule is Nc1ccc(/N=N/c2ccccc2[N+](=O)[O-])c([N+](=O)[O-])c1. The lowest BCUT2D eigenvalue weighted by atomic mass is 10.2. The van der Waals surface area contributed by atoms with Crippen LogP contribution < -0.4 is 5.73 Å². The number of benzene rings is 2. The van der Waals surface area contributed by atoms with Crippen molar-refractivity contribution < 1.29 is 9.85 Å². The number of hydrogen-bond acceptors (Lipinski definition) is 7. The minimum atomic E-state index is -0.649. The van der Waals surface area contributed by atoms with Gasteiger partial charge in [-0.2, -0.15) is 0 Å². The van der Waals surface area contributed by atoms with Crippen LogP contribution in [0.5, 0.6) is 0 Å². The molecule has 0 bridgehead atoms. The zero-order valence-corrected chi connectivity index (χ0v) is 10.5. The normalized spacial score (nSPS) is 10.7. The van der Waals surface area contributed by atoms with Gasteiger partial charge in [0.25, 0.3) is 11.4 Å². The van der Waals surface area contributed by atoms with Crippen molar-refractivity contribution in [3.63, 3.8) is 0 Å². The molecular weight excluding hydrogens is 278 g/mol. The first-order chi connectivity index (χ1) is 9.99. The summed E-state index contributed by atoms with van der Waals surface area (Å²) < 4.78 is 0. The van der Waals surface area contributed by atoms with Crippen LogP contribution in [0.4, 0.5) is 28.4 Å². The Balaban J connectivity index is 2.43. The number of rotatable bonds is 4. The lowest BCUT2D eigenvalue weighted by molar-refractivity contribution is -0.384. The topological polar surface area (TPSA) is 137 Å². The zero-order chi connectivity index (χ0) is 15.4. The molecule has 0 saturated carbocycles. The molecule has 2 aromatic carbocycles. The lowest BCUT2D eigenvalue weighted by Gasteiger charge is -1.98. The van der Waals surface area contributed by atoms with Gasteiger partial charge in [0.15, 0.2) is 11.4 Å². The van der Waals surface area contributed by atoms with Crippen LogP contribution in [0.25, 0.3) is 0 Å². The first-order valence-corrected chi connectivity index (χ1v) is 5.68. The Bertz CT molecular complexity index is 744. The summed E-state index contributed by atoms with van der Waals surface area (Å²) in [7, 11) is 0. The van der Waals surface area contributed by atoms with E-state index in [1.807, 2.05) is 0 Å². The van der Waals surface area contributed by atoms with Gasteiger partial charge in [0, 0.05) is 17.8 Å². The van der Waals surface area contributed by atoms with Gasteiger partial charge in [-0.15, -0.1) is 10.2 Å². The maximum atomic E-state index is 10.9. The monoisotopic (exact) mass is 287 g/mol. The first-order valence-electron chi connectivity index (χ1n) is 5.68. The van der Waals surface area contributed by atoms with E-state index in [-0.39, 0.29) is 28.4 Å². The maximum Gasteiger partial charge on any atom is 0.298 e. The summed E-state index contributed by atoms with van der Waals surface area (Å²) in [6.45, 7) is 0. The summed E-state index contributed by atoms with van der Waals surface area (Å²) in [5.74, 6) is 0. The van der Waals surface area contributed by atoms with E-state index in [9.17, 15) is 20.2 Å². The summed E-state index contributed by atoms with van der Waals surface area (Å²) in [4.78, 5) is 20.5. The molecule has 21 heavy (non-hydrogen) atoms. The van der Waals surface area contributed by atoms with Gasteiger partial charge in [-0.1, -0.05) is 12.1 Å². The van der Waals surface area contributed by atoms with E-state index in [4.69, 9.17) is 5.73 Å². The van der Waals surface area contributed by atoms with Crippen LogP contribution in [-0.2, 0) is 0 Å². The number of anilines is 1. The van der Waals surface area contributed by atoms with Gasteiger partial charge in [-0.3, -0.25) is 20.2 Å². The number of nitrogens with zero attached hydrogens (tertiary/aromatic N) is 4. The average Bonchev–Trinajstić information content (AvgIpc) is 2.46. The van der Waals surface area contributed by atoms with Gasteiger partial charge in [0.05, 0.1) is 9.85 Å². The van der Waals surface area contributed by atoms with Crippen LogP contribution in [-0.4, -0.2) is 9.85 Å². The van der Waals surface area contributed by atoms with Crippen molar-refractivity contribution in [2.24, 2.45) is 10.2 Å². The van der Waals surface area contributed by atoms with Gasteiger partial charge in [0.1, 0.15) is 0 Å². The summed E-state index contributed by atoms with van der Waals surface area (Å²) in [5.41, 5.74) is 5.10. The van der Waals surface area contributed by atoms with Gasteiger partial charge >= 0.3 is 0 Å². The Labute approximate surface area is 118 Å². The first kappa shape index (κ1) is 14.1. The standard InChI is InChI=1S/C12H9N5O4/c13-8-5-6-10(12(7-8)17(20)21)15-14-9-3-1-2-4-11(9)16(18)19/h1-7H,13H2/b15-14+. The third-order valence-corrected chi connectivity index (χ3v) is 2.54. The Kier molecular flexibility index (Phi) is 3.84. The molecule has 2 rings (SSSR count). The molecule has 0 radical (unpaired) electrons. The van der Waals surface area contributed by atoms with E-state index in [0.29, 0.717) is 0 Å². The largest absolute Gasteiger partial charge is 0.399 e. The zero-order valence-electron chi connectivity index (χ0n) is 10.5. The Morgan fingerprint density at radius 1 is 0.857 bits per heavy atom. The van der Waals surface area contributed by atoms with E-state index in [1.54, 1.807) is 6.07 Å². The molecule has 0 aliphatic rings. The van der Waals surface area contributed by atoms with Crippen LogP contribution in [0.1, 0.15) is 0 Å². The molecule has 2 aromatic rings. The Hall–Kier alpha value is -3.36.